The Hall–Kier alpha value is -2.80. The molecule has 0 aromatic heterocycles. The molecule has 0 N–H and O–H groups in total. The number of hydrogen-bond acceptors (Lipinski definition) is 5. The molecule has 32 heavy (non-hydrogen) atoms. The van der Waals surface area contributed by atoms with E-state index in [1.165, 1.54) is 7.11 Å². The number of carbonyl (C=O) groups excluding carboxylic acids is 1. The Morgan fingerprint density at radius 3 is 2.56 bits per heavy atom. The first-order valence-corrected chi connectivity index (χ1v) is 11.0. The molecule has 0 saturated carbocycles. The standard InChI is InChI=1S/C24H16BrCl2NO4/c1-30-21-12-14(10-19(27)22(21)31-13-15-6-2-5-9-18(15)26)11-20-24(29)32-23(28-20)16-7-3-4-8-17(16)25/h2-12H,13H2,1H3. The molecule has 8 heteroatoms. The highest BCUT2D eigenvalue weighted by Gasteiger charge is 2.25. The van der Waals surface area contributed by atoms with Crippen LogP contribution in [0.5, 0.6) is 11.5 Å². The molecule has 0 radical (unpaired) electrons. The van der Waals surface area contributed by atoms with Gasteiger partial charge < -0.3 is 14.2 Å². The van der Waals surface area contributed by atoms with Gasteiger partial charge in [-0.1, -0.05) is 53.5 Å². The van der Waals surface area contributed by atoms with Gasteiger partial charge in [-0.15, -0.1) is 0 Å². The zero-order valence-corrected chi connectivity index (χ0v) is 19.9. The van der Waals surface area contributed by atoms with Crippen molar-refractivity contribution in [3.63, 3.8) is 0 Å². The molecule has 0 fully saturated rings. The Morgan fingerprint density at radius 1 is 1.06 bits per heavy atom. The number of aliphatic imine (C=N–C) groups is 1. The molecular formula is C24H16BrCl2NO4. The number of cyclic esters (lactones) is 1. The van der Waals surface area contributed by atoms with Crippen LogP contribution in [0, 0.1) is 0 Å². The molecule has 1 aliphatic heterocycles. The fourth-order valence-electron chi connectivity index (χ4n) is 3.05. The van der Waals surface area contributed by atoms with E-state index >= 15 is 0 Å². The lowest BCUT2D eigenvalue weighted by molar-refractivity contribution is -0.129. The van der Waals surface area contributed by atoms with Crippen LogP contribution in [0.1, 0.15) is 16.7 Å². The van der Waals surface area contributed by atoms with Gasteiger partial charge in [-0.2, -0.15) is 0 Å². The number of carbonyl (C=O) groups is 1. The first-order chi connectivity index (χ1) is 15.5. The van der Waals surface area contributed by atoms with Gasteiger partial charge in [0.25, 0.3) is 0 Å². The third-order valence-corrected chi connectivity index (χ3v) is 5.95. The Balaban J connectivity index is 1.61. The van der Waals surface area contributed by atoms with Crippen molar-refractivity contribution in [3.8, 4) is 11.5 Å². The SMILES string of the molecule is COc1cc(C=C2N=C(c3ccccc3Br)OC2=O)cc(Cl)c1OCc1ccccc1Cl. The van der Waals surface area contributed by atoms with Crippen molar-refractivity contribution in [2.75, 3.05) is 7.11 Å². The van der Waals surface area contributed by atoms with E-state index in [9.17, 15) is 4.79 Å². The quantitative estimate of drug-likeness (QED) is 0.262. The third-order valence-electron chi connectivity index (χ3n) is 4.61. The van der Waals surface area contributed by atoms with Crippen LogP contribution in [0.25, 0.3) is 6.08 Å². The number of halogens is 3. The highest BCUT2D eigenvalue weighted by molar-refractivity contribution is 9.10. The number of nitrogens with zero attached hydrogens (tertiary/aromatic N) is 1. The molecule has 0 atom stereocenters. The Labute approximate surface area is 203 Å². The molecule has 0 unspecified atom stereocenters. The average Bonchev–Trinajstić information content (AvgIpc) is 3.14. The Bertz CT molecular complexity index is 1260. The topological polar surface area (TPSA) is 57.1 Å². The molecule has 4 rings (SSSR count). The van der Waals surface area contributed by atoms with Crippen molar-refractivity contribution in [2.45, 2.75) is 6.61 Å². The molecule has 0 aliphatic carbocycles. The van der Waals surface area contributed by atoms with Crippen LogP contribution in [-0.2, 0) is 16.1 Å². The lowest BCUT2D eigenvalue weighted by Crippen LogP contribution is -2.05. The van der Waals surface area contributed by atoms with Gasteiger partial charge in [0.1, 0.15) is 6.61 Å². The van der Waals surface area contributed by atoms with Gasteiger partial charge in [0, 0.05) is 15.1 Å². The summed E-state index contributed by atoms with van der Waals surface area (Å²) in [5, 5.41) is 0.923. The molecule has 1 heterocycles. The number of methoxy groups -OCH3 is 1. The summed E-state index contributed by atoms with van der Waals surface area (Å²) in [7, 11) is 1.51. The molecule has 0 spiro atoms. The van der Waals surface area contributed by atoms with E-state index in [0.29, 0.717) is 32.7 Å². The van der Waals surface area contributed by atoms with Crippen molar-refractivity contribution < 1.29 is 19.0 Å². The summed E-state index contributed by atoms with van der Waals surface area (Å²) < 4.78 is 17.4. The van der Waals surface area contributed by atoms with E-state index in [0.717, 1.165) is 10.0 Å². The number of hydrogen-bond donors (Lipinski definition) is 0. The third kappa shape index (κ3) is 4.83. The van der Waals surface area contributed by atoms with Crippen molar-refractivity contribution in [1.82, 2.24) is 0 Å². The molecule has 1 aliphatic rings. The first kappa shape index (κ1) is 22.4. The minimum atomic E-state index is -0.551. The highest BCUT2D eigenvalue weighted by atomic mass is 79.9. The van der Waals surface area contributed by atoms with Crippen molar-refractivity contribution >= 4 is 57.1 Å². The summed E-state index contributed by atoms with van der Waals surface area (Å²) in [6.45, 7) is 0.224. The van der Waals surface area contributed by atoms with Crippen LogP contribution in [-0.4, -0.2) is 19.0 Å². The number of rotatable bonds is 6. The summed E-state index contributed by atoms with van der Waals surface area (Å²) in [6.07, 6.45) is 1.58. The molecule has 0 bridgehead atoms. The van der Waals surface area contributed by atoms with Crippen LogP contribution < -0.4 is 9.47 Å². The smallest absolute Gasteiger partial charge is 0.363 e. The number of esters is 1. The van der Waals surface area contributed by atoms with Gasteiger partial charge in [-0.25, -0.2) is 9.79 Å². The number of benzene rings is 3. The van der Waals surface area contributed by atoms with Crippen molar-refractivity contribution in [3.05, 3.63) is 97.6 Å². The monoisotopic (exact) mass is 531 g/mol. The van der Waals surface area contributed by atoms with Crippen LogP contribution in [0.2, 0.25) is 10.0 Å². The second kappa shape index (κ2) is 9.77. The molecular weight excluding hydrogens is 517 g/mol. The summed E-state index contributed by atoms with van der Waals surface area (Å²) in [5.74, 6) is 0.469. The van der Waals surface area contributed by atoms with Gasteiger partial charge in [0.15, 0.2) is 17.2 Å². The maximum Gasteiger partial charge on any atom is 0.363 e. The lowest BCUT2D eigenvalue weighted by Gasteiger charge is -2.14. The van der Waals surface area contributed by atoms with Crippen LogP contribution >= 0.6 is 39.1 Å². The zero-order valence-electron chi connectivity index (χ0n) is 16.8. The maximum atomic E-state index is 12.3. The number of ether oxygens (including phenoxy) is 3. The van der Waals surface area contributed by atoms with E-state index < -0.39 is 5.97 Å². The second-order valence-corrected chi connectivity index (χ2v) is 8.40. The molecule has 3 aromatic carbocycles. The Kier molecular flexibility index (Phi) is 6.84. The van der Waals surface area contributed by atoms with Gasteiger partial charge in [-0.05, 0) is 57.9 Å². The molecule has 3 aromatic rings. The predicted molar refractivity (Wildman–Crippen MR) is 129 cm³/mol. The molecule has 0 amide bonds. The predicted octanol–water partition coefficient (Wildman–Crippen LogP) is 6.69. The fourth-order valence-corrected chi connectivity index (χ4v) is 3.96. The lowest BCUT2D eigenvalue weighted by atomic mass is 10.1. The summed E-state index contributed by atoms with van der Waals surface area (Å²) in [5.41, 5.74) is 2.27. The van der Waals surface area contributed by atoms with Gasteiger partial charge in [0.2, 0.25) is 5.90 Å². The van der Waals surface area contributed by atoms with Gasteiger partial charge in [-0.3, -0.25) is 0 Å². The minimum Gasteiger partial charge on any atom is -0.493 e. The van der Waals surface area contributed by atoms with E-state index in [1.54, 1.807) is 24.3 Å². The van der Waals surface area contributed by atoms with E-state index in [2.05, 4.69) is 20.9 Å². The van der Waals surface area contributed by atoms with Gasteiger partial charge >= 0.3 is 5.97 Å². The molecule has 0 saturated heterocycles. The summed E-state index contributed by atoms with van der Waals surface area (Å²) in [6, 6.07) is 18.1. The van der Waals surface area contributed by atoms with Gasteiger partial charge in [0.05, 0.1) is 17.7 Å². The second-order valence-electron chi connectivity index (χ2n) is 6.73. The van der Waals surface area contributed by atoms with Crippen molar-refractivity contribution in [2.24, 2.45) is 4.99 Å². The highest BCUT2D eigenvalue weighted by Crippen LogP contribution is 2.38. The normalized spacial score (nSPS) is 14.3. The molecule has 5 nitrogen and oxygen atoms in total. The average molecular weight is 533 g/mol. The minimum absolute atomic E-state index is 0.151. The summed E-state index contributed by atoms with van der Waals surface area (Å²) in [4.78, 5) is 16.7. The molecule has 162 valence electrons. The fraction of sp³-hybridized carbons (Fsp3) is 0.0833. The van der Waals surface area contributed by atoms with Crippen LogP contribution in [0.4, 0.5) is 0 Å². The van der Waals surface area contributed by atoms with Crippen LogP contribution in [0.3, 0.4) is 0 Å². The van der Waals surface area contributed by atoms with E-state index in [1.807, 2.05) is 42.5 Å². The summed E-state index contributed by atoms with van der Waals surface area (Å²) >= 11 is 16.1. The first-order valence-electron chi connectivity index (χ1n) is 9.47. The Morgan fingerprint density at radius 2 is 1.81 bits per heavy atom. The zero-order chi connectivity index (χ0) is 22.7. The largest absolute Gasteiger partial charge is 0.493 e. The van der Waals surface area contributed by atoms with E-state index in [-0.39, 0.29) is 18.2 Å². The van der Waals surface area contributed by atoms with Crippen LogP contribution in [0.15, 0.2) is 75.8 Å². The van der Waals surface area contributed by atoms with Crippen molar-refractivity contribution in [1.29, 1.82) is 0 Å². The van der Waals surface area contributed by atoms with E-state index in [4.69, 9.17) is 37.4 Å². The maximum absolute atomic E-state index is 12.3.